The molecule has 1 fully saturated rings. The Hall–Kier alpha value is -1.35. The van der Waals surface area contributed by atoms with Gasteiger partial charge in [-0.05, 0) is 24.8 Å². The predicted octanol–water partition coefficient (Wildman–Crippen LogP) is 2.35. The fourth-order valence-corrected chi connectivity index (χ4v) is 2.79. The lowest BCUT2D eigenvalue weighted by Crippen LogP contribution is -2.49. The molecule has 0 bridgehead atoms. The van der Waals surface area contributed by atoms with Crippen LogP contribution in [0.25, 0.3) is 0 Å². The number of nitrogens with two attached hydrogens (primary N) is 1. The van der Waals surface area contributed by atoms with E-state index in [1.54, 1.807) is 0 Å². The third kappa shape index (κ3) is 3.16. The molecule has 3 heteroatoms. The molecule has 1 aromatic carbocycles. The normalized spacial score (nSPS) is 18.4. The van der Waals surface area contributed by atoms with Crippen molar-refractivity contribution in [3.8, 4) is 0 Å². The number of rotatable bonds is 6. The van der Waals surface area contributed by atoms with E-state index in [1.165, 1.54) is 12.0 Å². The Morgan fingerprint density at radius 3 is 2.58 bits per heavy atom. The van der Waals surface area contributed by atoms with E-state index in [0.29, 0.717) is 6.54 Å². The average molecular weight is 260 g/mol. The van der Waals surface area contributed by atoms with Gasteiger partial charge >= 0.3 is 0 Å². The van der Waals surface area contributed by atoms with Crippen molar-refractivity contribution >= 4 is 5.91 Å². The summed E-state index contributed by atoms with van der Waals surface area (Å²) < 4.78 is 0. The van der Waals surface area contributed by atoms with Crippen LogP contribution in [0, 0.1) is 0 Å². The smallest absolute Gasteiger partial charge is 0.236 e. The molecule has 3 N–H and O–H groups in total. The van der Waals surface area contributed by atoms with Gasteiger partial charge in [-0.25, -0.2) is 0 Å². The van der Waals surface area contributed by atoms with Crippen LogP contribution in [-0.4, -0.2) is 18.5 Å². The minimum absolute atomic E-state index is 0.0101. The van der Waals surface area contributed by atoms with Gasteiger partial charge in [0.2, 0.25) is 5.91 Å². The molecule has 0 aliphatic heterocycles. The van der Waals surface area contributed by atoms with Gasteiger partial charge in [-0.3, -0.25) is 4.79 Å². The van der Waals surface area contributed by atoms with Gasteiger partial charge in [-0.15, -0.1) is 0 Å². The van der Waals surface area contributed by atoms with Crippen molar-refractivity contribution in [2.45, 2.75) is 50.5 Å². The first-order chi connectivity index (χ1) is 9.18. The maximum Gasteiger partial charge on any atom is 0.236 e. The lowest BCUT2D eigenvalue weighted by molar-refractivity contribution is -0.123. The van der Waals surface area contributed by atoms with Gasteiger partial charge in [0.15, 0.2) is 0 Å². The topological polar surface area (TPSA) is 55.1 Å². The van der Waals surface area contributed by atoms with Crippen LogP contribution in [-0.2, 0) is 10.2 Å². The predicted molar refractivity (Wildman–Crippen MR) is 77.9 cm³/mol. The summed E-state index contributed by atoms with van der Waals surface area (Å²) in [6.45, 7) is 2.76. The number of nitrogens with one attached hydrogen (secondary N) is 1. The zero-order valence-electron chi connectivity index (χ0n) is 11.7. The van der Waals surface area contributed by atoms with Crippen molar-refractivity contribution in [1.82, 2.24) is 5.32 Å². The number of hydrogen-bond acceptors (Lipinski definition) is 2. The molecular weight excluding hydrogens is 236 g/mol. The van der Waals surface area contributed by atoms with Gasteiger partial charge in [0.1, 0.15) is 0 Å². The molecule has 104 valence electrons. The van der Waals surface area contributed by atoms with Crippen LogP contribution in [0.4, 0.5) is 0 Å². The van der Waals surface area contributed by atoms with Gasteiger partial charge in [-0.1, -0.05) is 50.1 Å². The van der Waals surface area contributed by atoms with E-state index in [0.717, 1.165) is 25.7 Å². The van der Waals surface area contributed by atoms with Crippen LogP contribution in [0.3, 0.4) is 0 Å². The van der Waals surface area contributed by atoms with Crippen LogP contribution in [0.2, 0.25) is 0 Å². The third-order valence-corrected chi connectivity index (χ3v) is 4.23. The van der Waals surface area contributed by atoms with E-state index >= 15 is 0 Å². The molecule has 1 unspecified atom stereocenters. The van der Waals surface area contributed by atoms with Crippen molar-refractivity contribution < 1.29 is 4.79 Å². The molecule has 1 saturated carbocycles. The zero-order chi connectivity index (χ0) is 13.7. The first-order valence-electron chi connectivity index (χ1n) is 7.27. The minimum atomic E-state index is -0.363. The molecule has 1 aliphatic rings. The lowest BCUT2D eigenvalue weighted by atomic mass is 9.64. The van der Waals surface area contributed by atoms with E-state index < -0.39 is 0 Å². The van der Waals surface area contributed by atoms with E-state index in [-0.39, 0.29) is 17.4 Å². The maximum atomic E-state index is 11.9. The van der Waals surface area contributed by atoms with Crippen molar-refractivity contribution in [2.75, 3.05) is 6.54 Å². The second-order valence-electron chi connectivity index (χ2n) is 5.61. The Kier molecular flexibility index (Phi) is 4.59. The van der Waals surface area contributed by atoms with Crippen LogP contribution in [0.5, 0.6) is 0 Å². The summed E-state index contributed by atoms with van der Waals surface area (Å²) in [4.78, 5) is 11.9. The lowest BCUT2D eigenvalue weighted by Gasteiger charge is -2.42. The Balaban J connectivity index is 1.95. The number of amides is 1. The molecule has 2 rings (SSSR count). The summed E-state index contributed by atoms with van der Waals surface area (Å²) in [6, 6.07) is 10.1. The largest absolute Gasteiger partial charge is 0.354 e. The van der Waals surface area contributed by atoms with E-state index in [4.69, 9.17) is 5.73 Å². The quantitative estimate of drug-likeness (QED) is 0.825. The minimum Gasteiger partial charge on any atom is -0.354 e. The van der Waals surface area contributed by atoms with E-state index in [9.17, 15) is 4.79 Å². The molecule has 1 amide bonds. The Bertz CT molecular complexity index is 412. The second-order valence-corrected chi connectivity index (χ2v) is 5.61. The summed E-state index contributed by atoms with van der Waals surface area (Å²) in [5.74, 6) is -0.0101. The third-order valence-electron chi connectivity index (χ3n) is 4.23. The molecule has 0 heterocycles. The van der Waals surface area contributed by atoms with Crippen LogP contribution in [0.15, 0.2) is 30.3 Å². The molecule has 1 atom stereocenters. The number of carbonyl (C=O) groups is 1. The fraction of sp³-hybridized carbons (Fsp3) is 0.562. The monoisotopic (exact) mass is 260 g/mol. The van der Waals surface area contributed by atoms with Crippen molar-refractivity contribution in [3.05, 3.63) is 35.9 Å². The van der Waals surface area contributed by atoms with Gasteiger partial charge in [0.25, 0.3) is 0 Å². The van der Waals surface area contributed by atoms with Crippen molar-refractivity contribution in [3.63, 3.8) is 0 Å². The maximum absolute atomic E-state index is 11.9. The van der Waals surface area contributed by atoms with Gasteiger partial charge in [-0.2, -0.15) is 0 Å². The van der Waals surface area contributed by atoms with Crippen LogP contribution < -0.4 is 11.1 Å². The SMILES string of the molecule is CCCC(N)C(=O)NCC1(c2ccccc2)CCC1. The van der Waals surface area contributed by atoms with E-state index in [2.05, 4.69) is 29.6 Å². The van der Waals surface area contributed by atoms with Crippen molar-refractivity contribution in [1.29, 1.82) is 0 Å². The van der Waals surface area contributed by atoms with E-state index in [1.807, 2.05) is 13.0 Å². The molecule has 0 spiro atoms. The molecule has 1 aliphatic carbocycles. The standard InChI is InChI=1S/C16H24N2O/c1-2-7-14(17)15(19)18-12-16(10-6-11-16)13-8-4-3-5-9-13/h3-5,8-9,14H,2,6-7,10-12,17H2,1H3,(H,18,19). The molecular formula is C16H24N2O. The molecule has 1 aromatic rings. The highest BCUT2D eigenvalue weighted by molar-refractivity contribution is 5.81. The van der Waals surface area contributed by atoms with Crippen LogP contribution >= 0.6 is 0 Å². The van der Waals surface area contributed by atoms with Crippen molar-refractivity contribution in [2.24, 2.45) is 5.73 Å². The Morgan fingerprint density at radius 2 is 2.05 bits per heavy atom. The first-order valence-corrected chi connectivity index (χ1v) is 7.27. The molecule has 19 heavy (non-hydrogen) atoms. The molecule has 3 nitrogen and oxygen atoms in total. The molecule has 0 radical (unpaired) electrons. The summed E-state index contributed by atoms with van der Waals surface area (Å²) in [7, 11) is 0. The average Bonchev–Trinajstić information content (AvgIpc) is 2.39. The van der Waals surface area contributed by atoms with Gasteiger partial charge in [0, 0.05) is 12.0 Å². The number of carbonyl (C=O) groups excluding carboxylic acids is 1. The first kappa shape index (κ1) is 14.1. The van der Waals surface area contributed by atoms with Gasteiger partial charge < -0.3 is 11.1 Å². The highest BCUT2D eigenvalue weighted by Crippen LogP contribution is 2.43. The van der Waals surface area contributed by atoms with Gasteiger partial charge in [0.05, 0.1) is 6.04 Å². The summed E-state index contributed by atoms with van der Waals surface area (Å²) in [5.41, 5.74) is 7.32. The summed E-state index contributed by atoms with van der Waals surface area (Å²) >= 11 is 0. The second kappa shape index (κ2) is 6.20. The fourth-order valence-electron chi connectivity index (χ4n) is 2.79. The molecule has 0 saturated heterocycles. The molecule has 0 aromatic heterocycles. The Morgan fingerprint density at radius 1 is 1.37 bits per heavy atom. The Labute approximate surface area is 115 Å². The zero-order valence-corrected chi connectivity index (χ0v) is 11.7. The summed E-state index contributed by atoms with van der Waals surface area (Å²) in [6.07, 6.45) is 5.25. The highest BCUT2D eigenvalue weighted by Gasteiger charge is 2.38. The number of benzene rings is 1. The number of hydrogen-bond donors (Lipinski definition) is 2. The highest BCUT2D eigenvalue weighted by atomic mass is 16.2. The van der Waals surface area contributed by atoms with Crippen LogP contribution in [0.1, 0.15) is 44.6 Å². The summed E-state index contributed by atoms with van der Waals surface area (Å²) in [5, 5.41) is 3.04.